The highest BCUT2D eigenvalue weighted by Crippen LogP contribution is 2.39. The second-order valence-corrected chi connectivity index (χ2v) is 8.92. The average Bonchev–Trinajstić information content (AvgIpc) is 2.74. The van der Waals surface area contributed by atoms with Gasteiger partial charge in [-0.2, -0.15) is 17.6 Å². The average molecular weight is 491 g/mol. The van der Waals surface area contributed by atoms with Gasteiger partial charge in [0.15, 0.2) is 11.6 Å². The Balaban J connectivity index is 1.54. The summed E-state index contributed by atoms with van der Waals surface area (Å²) in [5, 5.41) is 3.42. The summed E-state index contributed by atoms with van der Waals surface area (Å²) in [4.78, 5) is 10.8. The first-order valence-corrected chi connectivity index (χ1v) is 11.0. The van der Waals surface area contributed by atoms with Gasteiger partial charge < -0.3 is 16.0 Å². The van der Waals surface area contributed by atoms with E-state index in [2.05, 4.69) is 15.3 Å². The molecule has 33 heavy (non-hydrogen) atoms. The number of aromatic nitrogens is 2. The quantitative estimate of drug-likeness (QED) is 0.622. The van der Waals surface area contributed by atoms with E-state index in [9.17, 15) is 22.0 Å². The Hall–Kier alpha value is -2.40. The molecule has 2 fully saturated rings. The number of anilines is 3. The summed E-state index contributed by atoms with van der Waals surface area (Å²) in [6.45, 7) is 0.761. The van der Waals surface area contributed by atoms with Gasteiger partial charge in [0.1, 0.15) is 12.1 Å². The molecule has 1 aromatic heterocycles. The molecule has 180 valence electrons. The van der Waals surface area contributed by atoms with E-state index in [1.165, 1.54) is 17.0 Å². The lowest BCUT2D eigenvalue weighted by Gasteiger charge is -2.47. The number of alkyl halides is 3. The van der Waals surface area contributed by atoms with Crippen LogP contribution in [0, 0.1) is 17.6 Å². The summed E-state index contributed by atoms with van der Waals surface area (Å²) < 4.78 is 69.9. The van der Waals surface area contributed by atoms with Crippen molar-refractivity contribution in [1.29, 1.82) is 0 Å². The Labute approximate surface area is 192 Å². The number of rotatable bonds is 4. The Morgan fingerprint density at radius 1 is 1.06 bits per heavy atom. The minimum Gasteiger partial charge on any atom is -0.381 e. The molecular formula is C21H24ClF5N6. The maximum absolute atomic E-state index is 14.5. The van der Waals surface area contributed by atoms with Crippen LogP contribution in [0.3, 0.4) is 0 Å². The van der Waals surface area contributed by atoms with Crippen molar-refractivity contribution in [2.24, 2.45) is 5.92 Å². The van der Waals surface area contributed by atoms with E-state index in [0.29, 0.717) is 25.2 Å². The molecule has 4 rings (SSSR count). The van der Waals surface area contributed by atoms with Crippen LogP contribution in [0.25, 0.3) is 0 Å². The van der Waals surface area contributed by atoms with Gasteiger partial charge in [-0.15, -0.1) is 0 Å². The van der Waals surface area contributed by atoms with Crippen molar-refractivity contribution in [2.45, 2.75) is 37.5 Å². The Morgan fingerprint density at radius 3 is 2.58 bits per heavy atom. The van der Waals surface area contributed by atoms with Crippen molar-refractivity contribution in [3.05, 3.63) is 41.2 Å². The number of halogens is 6. The molecule has 6 nitrogen and oxygen atoms in total. The summed E-state index contributed by atoms with van der Waals surface area (Å²) >= 11 is 5.91. The number of hydrogen-bond acceptors (Lipinski definition) is 6. The third-order valence-corrected chi connectivity index (χ3v) is 6.47. The Bertz CT molecular complexity index is 970. The lowest BCUT2D eigenvalue weighted by Crippen LogP contribution is -2.60. The van der Waals surface area contributed by atoms with Crippen LogP contribution in [-0.2, 0) is 0 Å². The molecule has 12 heteroatoms. The second-order valence-electron chi connectivity index (χ2n) is 8.48. The summed E-state index contributed by atoms with van der Waals surface area (Å²) in [6, 6.07) is 2.98. The first-order valence-electron chi connectivity index (χ1n) is 10.7. The molecule has 2 saturated heterocycles. The van der Waals surface area contributed by atoms with Gasteiger partial charge in [-0.1, -0.05) is 11.6 Å². The van der Waals surface area contributed by atoms with Crippen LogP contribution in [-0.4, -0.2) is 59.3 Å². The smallest absolute Gasteiger partial charge is 0.381 e. The number of nitrogens with two attached hydrogens (primary N) is 1. The summed E-state index contributed by atoms with van der Waals surface area (Å²) in [5.74, 6) is -3.31. The molecule has 2 aliphatic rings. The molecule has 3 heterocycles. The van der Waals surface area contributed by atoms with E-state index in [-0.39, 0.29) is 42.2 Å². The van der Waals surface area contributed by atoms with Crippen LogP contribution in [0.5, 0.6) is 0 Å². The summed E-state index contributed by atoms with van der Waals surface area (Å²) in [5.41, 5.74) is 6.00. The third-order valence-electron chi connectivity index (χ3n) is 6.26. The number of nitrogen functional groups attached to an aromatic ring is 1. The summed E-state index contributed by atoms with van der Waals surface area (Å²) in [7, 11) is 0. The molecule has 0 saturated carbocycles. The molecular weight excluding hydrogens is 467 g/mol. The Kier molecular flexibility index (Phi) is 6.81. The van der Waals surface area contributed by atoms with Crippen molar-refractivity contribution < 1.29 is 22.0 Å². The largest absolute Gasteiger partial charge is 0.393 e. The fourth-order valence-electron chi connectivity index (χ4n) is 4.77. The zero-order valence-electron chi connectivity index (χ0n) is 17.6. The Morgan fingerprint density at radius 2 is 1.85 bits per heavy atom. The van der Waals surface area contributed by atoms with E-state index >= 15 is 0 Å². The maximum atomic E-state index is 14.5. The van der Waals surface area contributed by atoms with E-state index in [4.69, 9.17) is 17.3 Å². The molecule has 2 aliphatic heterocycles. The van der Waals surface area contributed by atoms with E-state index in [0.717, 1.165) is 12.7 Å². The monoisotopic (exact) mass is 490 g/mol. The van der Waals surface area contributed by atoms with Crippen LogP contribution >= 0.6 is 11.6 Å². The first kappa shape index (κ1) is 23.7. The van der Waals surface area contributed by atoms with Gasteiger partial charge >= 0.3 is 6.18 Å². The molecule has 1 aromatic carbocycles. The molecule has 3 atom stereocenters. The van der Waals surface area contributed by atoms with E-state index < -0.39 is 29.8 Å². The lowest BCUT2D eigenvalue weighted by molar-refractivity contribution is -0.196. The van der Waals surface area contributed by atoms with Crippen LogP contribution in [0.2, 0.25) is 5.02 Å². The molecule has 2 aromatic rings. The van der Waals surface area contributed by atoms with Crippen molar-refractivity contribution >= 4 is 28.9 Å². The molecule has 3 N–H and O–H groups in total. The maximum Gasteiger partial charge on any atom is 0.393 e. The molecule has 0 radical (unpaired) electrons. The van der Waals surface area contributed by atoms with Crippen LogP contribution in [0.4, 0.5) is 39.3 Å². The minimum atomic E-state index is -4.39. The topological polar surface area (TPSA) is 70.3 Å². The van der Waals surface area contributed by atoms with Gasteiger partial charge in [0.05, 0.1) is 5.92 Å². The van der Waals surface area contributed by atoms with Crippen molar-refractivity contribution in [3.63, 3.8) is 0 Å². The van der Waals surface area contributed by atoms with Crippen LogP contribution < -0.4 is 16.0 Å². The van der Waals surface area contributed by atoms with Gasteiger partial charge in [0.25, 0.3) is 0 Å². The number of likely N-dealkylation sites (tertiary alicyclic amines) is 1. The molecule has 3 unspecified atom stereocenters. The van der Waals surface area contributed by atoms with Crippen molar-refractivity contribution in [3.8, 4) is 0 Å². The van der Waals surface area contributed by atoms with Gasteiger partial charge in [-0.3, -0.25) is 4.90 Å². The predicted octanol–water partition coefficient (Wildman–Crippen LogP) is 4.32. The van der Waals surface area contributed by atoms with E-state index in [1.807, 2.05) is 0 Å². The summed E-state index contributed by atoms with van der Waals surface area (Å²) in [6.07, 6.45) is -2.10. The fourth-order valence-corrected chi connectivity index (χ4v) is 4.99. The van der Waals surface area contributed by atoms with Crippen molar-refractivity contribution in [2.75, 3.05) is 42.1 Å². The van der Waals surface area contributed by atoms with Crippen LogP contribution in [0.15, 0.2) is 24.5 Å². The lowest BCUT2D eigenvalue weighted by atomic mass is 9.88. The van der Waals surface area contributed by atoms with Crippen LogP contribution in [0.1, 0.15) is 19.3 Å². The fraction of sp³-hybridized carbons (Fsp3) is 0.524. The number of hydrogen-bond donors (Lipinski definition) is 2. The van der Waals surface area contributed by atoms with Gasteiger partial charge in [-0.05, 0) is 44.0 Å². The zero-order chi connectivity index (χ0) is 23.8. The molecule has 0 bridgehead atoms. The zero-order valence-corrected chi connectivity index (χ0v) is 18.4. The van der Waals surface area contributed by atoms with Gasteiger partial charge in [-0.25, -0.2) is 14.4 Å². The minimum absolute atomic E-state index is 0.00532. The SMILES string of the molecule is Nc1ncnc(N2CCC(C(F)(F)F)C(N3CCCC(Nc4cc(F)cc(Cl)c4)C3)C2)c1F. The number of piperidine rings is 2. The highest BCUT2D eigenvalue weighted by atomic mass is 35.5. The standard InChI is InChI=1S/C21H24ClF5N6/c22-12-6-13(23)8-15(7-12)31-14-2-1-4-32(9-14)17-10-33(5-3-16(17)21(25,26)27)20-18(24)19(28)29-11-30-20/h6-8,11,14,16-17,31H,1-5,9-10H2,(H2,28,29,30). The van der Waals surface area contributed by atoms with Crippen molar-refractivity contribution in [1.82, 2.24) is 14.9 Å². The number of nitrogens with zero attached hydrogens (tertiary/aromatic N) is 4. The normalized spacial score (nSPS) is 24.7. The highest BCUT2D eigenvalue weighted by molar-refractivity contribution is 6.30. The number of nitrogens with one attached hydrogen (secondary N) is 1. The highest BCUT2D eigenvalue weighted by Gasteiger charge is 2.50. The second kappa shape index (κ2) is 9.46. The van der Waals surface area contributed by atoms with E-state index in [1.54, 1.807) is 11.0 Å². The predicted molar refractivity (Wildman–Crippen MR) is 116 cm³/mol. The van der Waals surface area contributed by atoms with Gasteiger partial charge in [0.2, 0.25) is 5.82 Å². The molecule has 0 spiro atoms. The third kappa shape index (κ3) is 5.40. The molecule has 0 aliphatic carbocycles. The number of benzene rings is 1. The first-order chi connectivity index (χ1) is 15.6. The molecule has 0 amide bonds. The van der Waals surface area contributed by atoms with Gasteiger partial charge in [0, 0.05) is 42.4 Å².